The maximum Gasteiger partial charge on any atom is 0.373 e. The molecule has 2 radical (unpaired) electrons. The van der Waals surface area contributed by atoms with Crippen LogP contribution in [0.25, 0.3) is 0 Å². The molecule has 33 heavy (non-hydrogen) atoms. The molecule has 6 nitrogen and oxygen atoms in total. The van der Waals surface area contributed by atoms with Crippen molar-refractivity contribution in [3.63, 3.8) is 0 Å². The molecule has 0 fully saturated rings. The molecule has 0 aliphatic heterocycles. The molecular formula is C27H34O6. The number of hydrogen-bond donors (Lipinski definition) is 0. The smallest absolute Gasteiger partial charge is 0.289 e. The Hall–Kier alpha value is -2.70. The van der Waals surface area contributed by atoms with Crippen LogP contribution < -0.4 is 0 Å². The van der Waals surface area contributed by atoms with Crippen molar-refractivity contribution < 1.29 is 29.1 Å². The normalized spacial score (nSPS) is 10.9. The van der Waals surface area contributed by atoms with E-state index in [4.69, 9.17) is 19.6 Å². The summed E-state index contributed by atoms with van der Waals surface area (Å²) in [4.78, 5) is 43.7. The minimum Gasteiger partial charge on any atom is -0.289 e. The monoisotopic (exact) mass is 454 g/mol. The third-order valence-electron chi connectivity index (χ3n) is 5.14. The standard InChI is InChI=1S/C27H34O6/c1-4-7-9-11-21-13-17-23(18-14-21)26(28)32-30-25(6-3)31-33-27(29)24-19-15-22(16-20-24)12-10-8-5-2/h13-20H,3-12H2,1-2H3. The summed E-state index contributed by atoms with van der Waals surface area (Å²) in [5.74, 6) is -1.37. The predicted molar refractivity (Wildman–Crippen MR) is 126 cm³/mol. The van der Waals surface area contributed by atoms with Crippen LogP contribution in [0.5, 0.6) is 0 Å². The Morgan fingerprint density at radius 2 is 1.03 bits per heavy atom. The zero-order valence-corrected chi connectivity index (χ0v) is 19.6. The number of carbonyl (C=O) groups is 2. The number of rotatable bonds is 15. The molecule has 0 aliphatic rings. The first kappa shape index (κ1) is 26.6. The molecule has 0 spiro atoms. The fourth-order valence-corrected chi connectivity index (χ4v) is 3.14. The molecule has 0 bridgehead atoms. The van der Waals surface area contributed by atoms with Crippen LogP contribution in [-0.2, 0) is 32.4 Å². The average Bonchev–Trinajstić information content (AvgIpc) is 2.85. The zero-order valence-electron chi connectivity index (χ0n) is 19.6. The van der Waals surface area contributed by atoms with Crippen molar-refractivity contribution >= 4 is 11.9 Å². The second-order valence-corrected chi connectivity index (χ2v) is 7.84. The fourth-order valence-electron chi connectivity index (χ4n) is 3.14. The van der Waals surface area contributed by atoms with E-state index in [0.29, 0.717) is 11.1 Å². The predicted octanol–water partition coefficient (Wildman–Crippen LogP) is 6.74. The molecule has 6 heteroatoms. The van der Waals surface area contributed by atoms with E-state index in [1.807, 2.05) is 24.3 Å². The third-order valence-corrected chi connectivity index (χ3v) is 5.14. The topological polar surface area (TPSA) is 71.1 Å². The Labute approximate surface area is 197 Å². The summed E-state index contributed by atoms with van der Waals surface area (Å²) in [6, 6.07) is 14.3. The van der Waals surface area contributed by atoms with E-state index in [-0.39, 0.29) is 12.7 Å². The minimum atomic E-state index is -0.686. The van der Waals surface area contributed by atoms with Gasteiger partial charge >= 0.3 is 18.2 Å². The Bertz CT molecular complexity index is 759. The van der Waals surface area contributed by atoms with Crippen molar-refractivity contribution in [1.82, 2.24) is 0 Å². The molecule has 0 aromatic heterocycles. The van der Waals surface area contributed by atoms with Crippen LogP contribution in [-0.4, -0.2) is 11.9 Å². The molecule has 0 N–H and O–H groups in total. The molecule has 2 rings (SSSR count). The third kappa shape index (κ3) is 9.76. The SMILES string of the molecule is [CH2]C[C](OOC(=O)c1ccc(CCCCC)cc1)OOC(=O)c1ccc(CCCCC)cc1. The van der Waals surface area contributed by atoms with E-state index < -0.39 is 11.9 Å². The first-order valence-electron chi connectivity index (χ1n) is 11.7. The van der Waals surface area contributed by atoms with Gasteiger partial charge < -0.3 is 0 Å². The van der Waals surface area contributed by atoms with Crippen molar-refractivity contribution in [2.24, 2.45) is 0 Å². The Morgan fingerprint density at radius 3 is 1.36 bits per heavy atom. The molecule has 2 aromatic carbocycles. The molecule has 0 aliphatic carbocycles. The van der Waals surface area contributed by atoms with Crippen LogP contribution in [0.4, 0.5) is 0 Å². The van der Waals surface area contributed by atoms with Gasteiger partial charge in [-0.15, -0.1) is 9.78 Å². The molecule has 0 saturated heterocycles. The summed E-state index contributed by atoms with van der Waals surface area (Å²) < 4.78 is 0. The number of unbranched alkanes of at least 4 members (excludes halogenated alkanes) is 4. The number of aryl methyl sites for hydroxylation is 2. The van der Waals surface area contributed by atoms with Gasteiger partial charge in [0, 0.05) is 6.42 Å². The highest BCUT2D eigenvalue weighted by atomic mass is 17.3. The van der Waals surface area contributed by atoms with Crippen LogP contribution in [0.2, 0.25) is 0 Å². The molecule has 2 aromatic rings. The summed E-state index contributed by atoms with van der Waals surface area (Å²) in [5.41, 5.74) is 3.01. The van der Waals surface area contributed by atoms with Gasteiger partial charge in [0.05, 0.1) is 11.1 Å². The van der Waals surface area contributed by atoms with Gasteiger partial charge in [0.25, 0.3) is 0 Å². The van der Waals surface area contributed by atoms with Gasteiger partial charge in [-0.25, -0.2) is 9.59 Å². The van der Waals surface area contributed by atoms with Gasteiger partial charge in [-0.2, -0.15) is 0 Å². The second-order valence-electron chi connectivity index (χ2n) is 7.84. The van der Waals surface area contributed by atoms with Crippen LogP contribution in [0.3, 0.4) is 0 Å². The minimum absolute atomic E-state index is 0.0205. The van der Waals surface area contributed by atoms with E-state index in [1.165, 1.54) is 12.8 Å². The lowest BCUT2D eigenvalue weighted by Gasteiger charge is -2.12. The highest BCUT2D eigenvalue weighted by molar-refractivity contribution is 5.89. The number of carbonyl (C=O) groups excluding carboxylic acids is 2. The first-order valence-corrected chi connectivity index (χ1v) is 11.7. The Morgan fingerprint density at radius 1 is 0.636 bits per heavy atom. The summed E-state index contributed by atoms with van der Waals surface area (Å²) in [5, 5.41) is 0. The van der Waals surface area contributed by atoms with Crippen molar-refractivity contribution in [2.45, 2.75) is 71.6 Å². The summed E-state index contributed by atoms with van der Waals surface area (Å²) in [7, 11) is 0. The van der Waals surface area contributed by atoms with E-state index in [2.05, 4.69) is 20.8 Å². The zero-order chi connectivity index (χ0) is 23.9. The van der Waals surface area contributed by atoms with Gasteiger partial charge in [-0.05, 0) is 68.0 Å². The molecular weight excluding hydrogens is 420 g/mol. The van der Waals surface area contributed by atoms with Crippen LogP contribution >= 0.6 is 0 Å². The lowest BCUT2D eigenvalue weighted by atomic mass is 10.1. The Kier molecular flexibility index (Phi) is 12.2. The van der Waals surface area contributed by atoms with E-state index >= 15 is 0 Å². The van der Waals surface area contributed by atoms with E-state index in [9.17, 15) is 9.59 Å². The van der Waals surface area contributed by atoms with Crippen LogP contribution in [0.15, 0.2) is 48.5 Å². The summed E-state index contributed by atoms with van der Waals surface area (Å²) in [6.45, 7) is 7.93. The van der Waals surface area contributed by atoms with Gasteiger partial charge in [0.2, 0.25) is 0 Å². The van der Waals surface area contributed by atoms with Crippen LogP contribution in [0, 0.1) is 13.2 Å². The van der Waals surface area contributed by atoms with Gasteiger partial charge in [-0.1, -0.05) is 63.8 Å². The van der Waals surface area contributed by atoms with Gasteiger partial charge in [0.15, 0.2) is 0 Å². The van der Waals surface area contributed by atoms with Crippen molar-refractivity contribution in [1.29, 1.82) is 0 Å². The fraction of sp³-hybridized carbons (Fsp3) is 0.407. The molecule has 0 amide bonds. The van der Waals surface area contributed by atoms with E-state index in [0.717, 1.165) is 49.7 Å². The average molecular weight is 455 g/mol. The largest absolute Gasteiger partial charge is 0.373 e. The summed E-state index contributed by atoms with van der Waals surface area (Å²) in [6.07, 6.45) is 8.59. The molecule has 178 valence electrons. The lowest BCUT2D eigenvalue weighted by molar-refractivity contribution is -0.362. The molecule has 0 saturated carbocycles. The van der Waals surface area contributed by atoms with Gasteiger partial charge in [-0.3, -0.25) is 9.78 Å². The van der Waals surface area contributed by atoms with Gasteiger partial charge in [0.1, 0.15) is 0 Å². The lowest BCUT2D eigenvalue weighted by Crippen LogP contribution is -2.15. The molecule has 0 heterocycles. The highest BCUT2D eigenvalue weighted by Gasteiger charge is 2.20. The number of hydrogen-bond acceptors (Lipinski definition) is 6. The molecule has 0 unspecified atom stereocenters. The molecule has 0 atom stereocenters. The highest BCUT2D eigenvalue weighted by Crippen LogP contribution is 2.16. The second kappa shape index (κ2) is 15.2. The maximum absolute atomic E-state index is 12.2. The first-order chi connectivity index (χ1) is 16.1. The van der Waals surface area contributed by atoms with Crippen molar-refractivity contribution in [2.75, 3.05) is 0 Å². The number of benzene rings is 2. The summed E-state index contributed by atoms with van der Waals surface area (Å²) >= 11 is 0. The van der Waals surface area contributed by atoms with Crippen molar-refractivity contribution in [3.8, 4) is 0 Å². The Balaban J connectivity index is 1.75. The maximum atomic E-state index is 12.2. The van der Waals surface area contributed by atoms with Crippen LogP contribution in [0.1, 0.15) is 90.6 Å². The quantitative estimate of drug-likeness (QED) is 0.169. The van der Waals surface area contributed by atoms with Crippen molar-refractivity contribution in [3.05, 3.63) is 84.0 Å². The van der Waals surface area contributed by atoms with E-state index in [1.54, 1.807) is 24.3 Å².